The van der Waals surface area contributed by atoms with E-state index in [2.05, 4.69) is 6.58 Å². The highest BCUT2D eigenvalue weighted by Crippen LogP contribution is 2.05. The summed E-state index contributed by atoms with van der Waals surface area (Å²) in [5.41, 5.74) is 0.975. The van der Waals surface area contributed by atoms with Crippen molar-refractivity contribution in [3.05, 3.63) is 54.6 Å². The van der Waals surface area contributed by atoms with Crippen LogP contribution in [0.2, 0.25) is 0 Å². The van der Waals surface area contributed by atoms with Crippen molar-refractivity contribution >= 4 is 18.0 Å². The number of ether oxygens (including phenoxy) is 1. The number of carboxylic acids is 1. The quantitative estimate of drug-likeness (QED) is 0.471. The molecule has 0 unspecified atom stereocenters. The van der Waals surface area contributed by atoms with Gasteiger partial charge in [0.2, 0.25) is 0 Å². The molecule has 0 aliphatic rings. The molecule has 0 radical (unpaired) electrons. The molecule has 0 aliphatic heterocycles. The normalized spacial score (nSPS) is 9.95. The lowest BCUT2D eigenvalue weighted by atomic mass is 10.1. The fraction of sp³-hybridized carbons (Fsp3) is 0.333. The van der Waals surface area contributed by atoms with Crippen LogP contribution in [0, 0.1) is 5.92 Å². The van der Waals surface area contributed by atoms with Gasteiger partial charge in [0.1, 0.15) is 6.61 Å². The van der Waals surface area contributed by atoms with Gasteiger partial charge in [-0.25, -0.2) is 4.79 Å². The number of benzene rings is 1. The van der Waals surface area contributed by atoms with Crippen LogP contribution < -0.4 is 0 Å². The molecule has 1 aromatic rings. The molecule has 0 heterocycles. The molecule has 0 spiro atoms. The summed E-state index contributed by atoms with van der Waals surface area (Å²) in [5.74, 6) is -1.15. The first-order chi connectivity index (χ1) is 10.5. The number of esters is 1. The second-order valence-electron chi connectivity index (χ2n) is 4.51. The van der Waals surface area contributed by atoms with Gasteiger partial charge in [0.25, 0.3) is 0 Å². The van der Waals surface area contributed by atoms with E-state index in [1.54, 1.807) is 6.08 Å². The summed E-state index contributed by atoms with van der Waals surface area (Å²) in [5, 5.41) is 8.37. The molecular weight excluding hydrogens is 280 g/mol. The fourth-order valence-electron chi connectivity index (χ4n) is 1.56. The Morgan fingerprint density at radius 2 is 1.82 bits per heavy atom. The number of aliphatic carboxylic acids is 1. The van der Waals surface area contributed by atoms with Gasteiger partial charge in [0.05, 0.1) is 5.92 Å². The highest BCUT2D eigenvalue weighted by molar-refractivity contribution is 5.87. The van der Waals surface area contributed by atoms with Crippen LogP contribution in [0.25, 0.3) is 6.08 Å². The van der Waals surface area contributed by atoms with Crippen molar-refractivity contribution < 1.29 is 19.4 Å². The van der Waals surface area contributed by atoms with Crippen molar-refractivity contribution in [2.24, 2.45) is 5.92 Å². The van der Waals surface area contributed by atoms with Crippen LogP contribution in [0.3, 0.4) is 0 Å². The molecule has 1 rings (SSSR count). The topological polar surface area (TPSA) is 63.6 Å². The van der Waals surface area contributed by atoms with E-state index in [4.69, 9.17) is 9.84 Å². The molecule has 120 valence electrons. The Bertz CT molecular complexity index is 473. The molecule has 22 heavy (non-hydrogen) atoms. The van der Waals surface area contributed by atoms with Gasteiger partial charge < -0.3 is 9.84 Å². The fourth-order valence-corrected chi connectivity index (χ4v) is 1.56. The Hall–Kier alpha value is -2.36. The second kappa shape index (κ2) is 12.4. The zero-order valence-corrected chi connectivity index (χ0v) is 13.2. The van der Waals surface area contributed by atoms with E-state index in [-0.39, 0.29) is 18.5 Å². The largest absolute Gasteiger partial charge is 0.481 e. The molecule has 0 aromatic heterocycles. The van der Waals surface area contributed by atoms with E-state index in [1.165, 1.54) is 12.2 Å². The minimum Gasteiger partial charge on any atom is -0.481 e. The minimum atomic E-state index is -0.671. The molecular formula is C18H24O4. The molecule has 1 N–H and O–H groups in total. The summed E-state index contributed by atoms with van der Waals surface area (Å²) in [7, 11) is 0. The van der Waals surface area contributed by atoms with Crippen LogP contribution >= 0.6 is 0 Å². The van der Waals surface area contributed by atoms with Crippen molar-refractivity contribution in [2.45, 2.75) is 26.7 Å². The lowest BCUT2D eigenvalue weighted by Gasteiger charge is -2.02. The molecule has 0 amide bonds. The van der Waals surface area contributed by atoms with Gasteiger partial charge in [-0.05, 0) is 24.5 Å². The molecule has 0 saturated heterocycles. The molecule has 0 saturated carbocycles. The Balaban J connectivity index is 0.000000472. The number of hydrogen-bond acceptors (Lipinski definition) is 3. The standard InChI is InChI=1S/C12H12O2.C6H12O2/c1-2-10-14-12(13)9-8-11-6-4-3-5-7-11;1-3-5(4-2)6(7)8/h2-9H,1,10H2;5H,3-4H2,1-2H3,(H,7,8)/b9-8+;. The molecule has 4 nitrogen and oxygen atoms in total. The van der Waals surface area contributed by atoms with Gasteiger partial charge in [-0.1, -0.05) is 56.8 Å². The van der Waals surface area contributed by atoms with Gasteiger partial charge in [-0.3, -0.25) is 4.79 Å². The molecule has 1 aromatic carbocycles. The zero-order valence-electron chi connectivity index (χ0n) is 13.2. The Morgan fingerprint density at radius 3 is 2.23 bits per heavy atom. The van der Waals surface area contributed by atoms with E-state index in [1.807, 2.05) is 44.2 Å². The summed E-state index contributed by atoms with van der Waals surface area (Å²) in [4.78, 5) is 21.2. The van der Waals surface area contributed by atoms with Crippen LogP contribution in [0.1, 0.15) is 32.3 Å². The number of carboxylic acid groups (broad SMARTS) is 1. The van der Waals surface area contributed by atoms with Gasteiger partial charge >= 0.3 is 11.9 Å². The maximum absolute atomic E-state index is 11.0. The number of rotatable bonds is 7. The summed E-state index contributed by atoms with van der Waals surface area (Å²) >= 11 is 0. The smallest absolute Gasteiger partial charge is 0.331 e. The average Bonchev–Trinajstić information content (AvgIpc) is 2.53. The Labute approximate surface area is 132 Å². The van der Waals surface area contributed by atoms with Crippen LogP contribution in [-0.4, -0.2) is 23.7 Å². The van der Waals surface area contributed by atoms with Crippen LogP contribution in [-0.2, 0) is 14.3 Å². The zero-order chi connectivity index (χ0) is 16.8. The van der Waals surface area contributed by atoms with E-state index < -0.39 is 5.97 Å². The van der Waals surface area contributed by atoms with Crippen molar-refractivity contribution in [3.63, 3.8) is 0 Å². The van der Waals surface area contributed by atoms with Crippen molar-refractivity contribution in [2.75, 3.05) is 6.61 Å². The summed E-state index contributed by atoms with van der Waals surface area (Å²) in [6.07, 6.45) is 6.14. The third kappa shape index (κ3) is 9.53. The second-order valence-corrected chi connectivity index (χ2v) is 4.51. The van der Waals surface area contributed by atoms with E-state index in [9.17, 15) is 9.59 Å². The Kier molecular flexibility index (Phi) is 11.1. The number of carbonyl (C=O) groups excluding carboxylic acids is 1. The van der Waals surface area contributed by atoms with Crippen molar-refractivity contribution in [3.8, 4) is 0 Å². The third-order valence-electron chi connectivity index (χ3n) is 2.89. The molecule has 0 aliphatic carbocycles. The summed E-state index contributed by atoms with van der Waals surface area (Å²) in [6.45, 7) is 7.48. The Morgan fingerprint density at radius 1 is 1.23 bits per heavy atom. The average molecular weight is 304 g/mol. The van der Waals surface area contributed by atoms with Crippen molar-refractivity contribution in [1.82, 2.24) is 0 Å². The van der Waals surface area contributed by atoms with Crippen LogP contribution in [0.4, 0.5) is 0 Å². The first-order valence-corrected chi connectivity index (χ1v) is 7.28. The maximum Gasteiger partial charge on any atom is 0.331 e. The highest BCUT2D eigenvalue weighted by atomic mass is 16.5. The predicted octanol–water partition coefficient (Wildman–Crippen LogP) is 3.94. The lowest BCUT2D eigenvalue weighted by molar-refractivity contribution is -0.142. The summed E-state index contributed by atoms with van der Waals surface area (Å²) < 4.78 is 4.77. The third-order valence-corrected chi connectivity index (χ3v) is 2.89. The molecule has 0 bridgehead atoms. The van der Waals surface area contributed by atoms with Crippen LogP contribution in [0.15, 0.2) is 49.1 Å². The van der Waals surface area contributed by atoms with E-state index in [0.29, 0.717) is 0 Å². The van der Waals surface area contributed by atoms with Gasteiger partial charge in [0.15, 0.2) is 0 Å². The highest BCUT2D eigenvalue weighted by Gasteiger charge is 2.10. The van der Waals surface area contributed by atoms with Gasteiger partial charge in [-0.15, -0.1) is 0 Å². The van der Waals surface area contributed by atoms with Gasteiger partial charge in [0, 0.05) is 6.08 Å². The first-order valence-electron chi connectivity index (χ1n) is 7.28. The molecule has 4 heteroatoms. The SMILES string of the molecule is C=CCOC(=O)/C=C/c1ccccc1.CCC(CC)C(=O)O. The summed E-state index contributed by atoms with van der Waals surface area (Å²) in [6, 6.07) is 9.57. The first kappa shape index (κ1) is 19.6. The molecule has 0 atom stereocenters. The van der Waals surface area contributed by atoms with Crippen LogP contribution in [0.5, 0.6) is 0 Å². The molecule has 0 fully saturated rings. The number of hydrogen-bond donors (Lipinski definition) is 1. The monoisotopic (exact) mass is 304 g/mol. The van der Waals surface area contributed by atoms with Gasteiger partial charge in [-0.2, -0.15) is 0 Å². The van der Waals surface area contributed by atoms with Crippen molar-refractivity contribution in [1.29, 1.82) is 0 Å². The lowest BCUT2D eigenvalue weighted by Crippen LogP contribution is -2.10. The predicted molar refractivity (Wildman–Crippen MR) is 88.3 cm³/mol. The minimum absolute atomic E-state index is 0.130. The number of carbonyl (C=O) groups is 2. The van der Waals surface area contributed by atoms with E-state index in [0.717, 1.165) is 18.4 Å². The van der Waals surface area contributed by atoms with E-state index >= 15 is 0 Å². The maximum atomic E-state index is 11.0.